The van der Waals surface area contributed by atoms with Gasteiger partial charge in [0.05, 0.1) is 21.3 Å². The maximum atomic E-state index is 14.6. The Morgan fingerprint density at radius 2 is 1.38 bits per heavy atom. The quantitative estimate of drug-likeness (QED) is 0.429. The highest BCUT2D eigenvalue weighted by atomic mass is 19.4. The zero-order chi connectivity index (χ0) is 24.9. The average Bonchev–Trinajstić information content (AvgIpc) is 2.83. The molecule has 0 aliphatic carbocycles. The number of esters is 1. The standard InChI is InChI=1S/C24H22F3NO6/c1-31-19-13-15(14-20(32-2)21(19)29)23(22(30)33-3,24(25,26)27)28-16-9-11-18(12-10-16)34-17-7-5-4-6-8-17/h4-14,28-29H,1-3H3/t23-/m1/s1. The number of methoxy groups -OCH3 is 3. The van der Waals surface area contributed by atoms with E-state index >= 15 is 0 Å². The number of benzene rings is 3. The van der Waals surface area contributed by atoms with Crippen molar-refractivity contribution in [3.8, 4) is 28.7 Å². The van der Waals surface area contributed by atoms with E-state index in [2.05, 4.69) is 10.1 Å². The predicted molar refractivity (Wildman–Crippen MR) is 118 cm³/mol. The number of para-hydroxylation sites is 1. The maximum Gasteiger partial charge on any atom is 0.426 e. The molecule has 0 aromatic heterocycles. The SMILES string of the molecule is COC(=O)[C@](Nc1ccc(Oc2ccccc2)cc1)(c1cc(OC)c(O)c(OC)c1)C(F)(F)F. The minimum Gasteiger partial charge on any atom is -0.502 e. The van der Waals surface area contributed by atoms with Crippen LogP contribution >= 0.6 is 0 Å². The number of carbonyl (C=O) groups excluding carboxylic acids is 1. The molecule has 10 heteroatoms. The zero-order valence-electron chi connectivity index (χ0n) is 18.5. The van der Waals surface area contributed by atoms with E-state index in [1.54, 1.807) is 24.3 Å². The summed E-state index contributed by atoms with van der Waals surface area (Å²) in [5.41, 5.74) is -4.00. The van der Waals surface area contributed by atoms with Gasteiger partial charge in [-0.25, -0.2) is 4.79 Å². The van der Waals surface area contributed by atoms with Crippen LogP contribution in [0.2, 0.25) is 0 Å². The van der Waals surface area contributed by atoms with Gasteiger partial charge in [0, 0.05) is 11.3 Å². The second kappa shape index (κ2) is 9.82. The fourth-order valence-electron chi connectivity index (χ4n) is 3.30. The van der Waals surface area contributed by atoms with Crippen LogP contribution in [0.5, 0.6) is 28.7 Å². The normalized spacial score (nSPS) is 12.9. The van der Waals surface area contributed by atoms with E-state index in [-0.39, 0.29) is 17.2 Å². The van der Waals surface area contributed by atoms with Crippen LogP contribution in [0.4, 0.5) is 18.9 Å². The van der Waals surface area contributed by atoms with Crippen molar-refractivity contribution < 1.29 is 42.0 Å². The molecule has 0 heterocycles. The summed E-state index contributed by atoms with van der Waals surface area (Å²) in [6, 6.07) is 16.2. The first-order valence-electron chi connectivity index (χ1n) is 9.88. The third kappa shape index (κ3) is 4.66. The number of aromatic hydroxyl groups is 1. The molecule has 1 atom stereocenters. The lowest BCUT2D eigenvalue weighted by atomic mass is 9.87. The van der Waals surface area contributed by atoms with Gasteiger partial charge in [0.2, 0.25) is 5.75 Å². The summed E-state index contributed by atoms with van der Waals surface area (Å²) in [6.07, 6.45) is -5.17. The molecule has 3 aromatic rings. The van der Waals surface area contributed by atoms with Gasteiger partial charge in [-0.3, -0.25) is 0 Å². The molecule has 0 bridgehead atoms. The monoisotopic (exact) mass is 477 g/mol. The number of carbonyl (C=O) groups is 1. The first-order valence-corrected chi connectivity index (χ1v) is 9.88. The highest BCUT2D eigenvalue weighted by Crippen LogP contribution is 2.47. The van der Waals surface area contributed by atoms with Gasteiger partial charge in [-0.2, -0.15) is 13.2 Å². The van der Waals surface area contributed by atoms with Crippen molar-refractivity contribution in [1.29, 1.82) is 0 Å². The molecule has 180 valence electrons. The second-order valence-corrected chi connectivity index (χ2v) is 7.03. The molecular formula is C24H22F3NO6. The van der Waals surface area contributed by atoms with Crippen LogP contribution < -0.4 is 19.5 Å². The summed E-state index contributed by atoms with van der Waals surface area (Å²) in [7, 11) is 3.16. The molecule has 0 radical (unpaired) electrons. The van der Waals surface area contributed by atoms with Gasteiger partial charge < -0.3 is 29.4 Å². The molecule has 0 aliphatic rings. The highest BCUT2D eigenvalue weighted by molar-refractivity contribution is 5.88. The molecule has 0 spiro atoms. The Morgan fingerprint density at radius 1 is 0.853 bits per heavy atom. The van der Waals surface area contributed by atoms with Crippen LogP contribution in [-0.2, 0) is 15.1 Å². The molecule has 7 nitrogen and oxygen atoms in total. The Labute approximate surface area is 193 Å². The number of halogens is 3. The van der Waals surface area contributed by atoms with Crippen LogP contribution in [0, 0.1) is 0 Å². The lowest BCUT2D eigenvalue weighted by Gasteiger charge is -2.35. The van der Waals surface area contributed by atoms with Gasteiger partial charge in [0.25, 0.3) is 5.54 Å². The Balaban J connectivity index is 2.08. The maximum absolute atomic E-state index is 14.6. The van der Waals surface area contributed by atoms with Gasteiger partial charge in [0.1, 0.15) is 11.5 Å². The first-order chi connectivity index (χ1) is 16.2. The molecule has 2 N–H and O–H groups in total. The largest absolute Gasteiger partial charge is 0.502 e. The molecule has 0 saturated heterocycles. The first kappa shape index (κ1) is 24.6. The van der Waals surface area contributed by atoms with E-state index in [0.29, 0.717) is 11.5 Å². The van der Waals surface area contributed by atoms with Crippen molar-refractivity contribution in [3.05, 3.63) is 72.3 Å². The predicted octanol–water partition coefficient (Wildman–Crippen LogP) is 5.24. The summed E-state index contributed by atoms with van der Waals surface area (Å²) in [4.78, 5) is 12.7. The molecule has 3 rings (SSSR count). The molecule has 0 unspecified atom stereocenters. The van der Waals surface area contributed by atoms with E-state index in [4.69, 9.17) is 14.2 Å². The molecular weight excluding hydrogens is 455 g/mol. The van der Waals surface area contributed by atoms with Crippen LogP contribution in [0.15, 0.2) is 66.7 Å². The average molecular weight is 477 g/mol. The Morgan fingerprint density at radius 3 is 1.85 bits per heavy atom. The van der Waals surface area contributed by atoms with Gasteiger partial charge in [-0.05, 0) is 48.5 Å². The van der Waals surface area contributed by atoms with E-state index in [9.17, 15) is 23.1 Å². The topological polar surface area (TPSA) is 86.3 Å². The summed E-state index contributed by atoms with van der Waals surface area (Å²) in [6.45, 7) is 0. The fraction of sp³-hybridized carbons (Fsp3) is 0.208. The number of phenolic OH excluding ortho intramolecular Hbond substituents is 1. The van der Waals surface area contributed by atoms with Crippen molar-refractivity contribution in [2.45, 2.75) is 11.7 Å². The molecule has 0 aliphatic heterocycles. The van der Waals surface area contributed by atoms with E-state index in [1.807, 2.05) is 6.07 Å². The highest BCUT2D eigenvalue weighted by Gasteiger charge is 2.63. The lowest BCUT2D eigenvalue weighted by Crippen LogP contribution is -2.55. The van der Waals surface area contributed by atoms with Crippen molar-refractivity contribution in [1.82, 2.24) is 0 Å². The van der Waals surface area contributed by atoms with Gasteiger partial charge >= 0.3 is 12.1 Å². The van der Waals surface area contributed by atoms with Crippen molar-refractivity contribution in [3.63, 3.8) is 0 Å². The van der Waals surface area contributed by atoms with Crippen molar-refractivity contribution >= 4 is 11.7 Å². The molecule has 3 aromatic carbocycles. The number of anilines is 1. The van der Waals surface area contributed by atoms with Crippen LogP contribution in [0.1, 0.15) is 5.56 Å². The molecule has 0 fully saturated rings. The van der Waals surface area contributed by atoms with E-state index in [1.165, 1.54) is 24.3 Å². The number of nitrogens with one attached hydrogen (secondary N) is 1. The Kier molecular flexibility index (Phi) is 7.09. The Hall–Kier alpha value is -4.08. The number of alkyl halides is 3. The minimum absolute atomic E-state index is 0.0471. The Bertz CT molecular complexity index is 1110. The number of phenols is 1. The van der Waals surface area contributed by atoms with Gasteiger partial charge in [-0.15, -0.1) is 0 Å². The second-order valence-electron chi connectivity index (χ2n) is 7.03. The number of hydrogen-bond acceptors (Lipinski definition) is 7. The van der Waals surface area contributed by atoms with Crippen LogP contribution in [-0.4, -0.2) is 38.6 Å². The van der Waals surface area contributed by atoms with E-state index < -0.39 is 29.0 Å². The van der Waals surface area contributed by atoms with Crippen LogP contribution in [0.25, 0.3) is 0 Å². The molecule has 0 amide bonds. The number of ether oxygens (including phenoxy) is 4. The van der Waals surface area contributed by atoms with Crippen LogP contribution in [0.3, 0.4) is 0 Å². The zero-order valence-corrected chi connectivity index (χ0v) is 18.5. The lowest BCUT2D eigenvalue weighted by molar-refractivity contribution is -0.201. The van der Waals surface area contributed by atoms with Gasteiger partial charge in [0.15, 0.2) is 11.5 Å². The fourth-order valence-corrected chi connectivity index (χ4v) is 3.30. The van der Waals surface area contributed by atoms with Crippen molar-refractivity contribution in [2.24, 2.45) is 0 Å². The summed E-state index contributed by atoms with van der Waals surface area (Å²) >= 11 is 0. The molecule has 34 heavy (non-hydrogen) atoms. The summed E-state index contributed by atoms with van der Waals surface area (Å²) in [5.74, 6) is -1.86. The van der Waals surface area contributed by atoms with Crippen molar-refractivity contribution in [2.75, 3.05) is 26.6 Å². The number of hydrogen-bond donors (Lipinski definition) is 2. The number of rotatable bonds is 8. The molecule has 0 saturated carbocycles. The summed E-state index contributed by atoms with van der Waals surface area (Å²) in [5, 5.41) is 12.4. The van der Waals surface area contributed by atoms with Gasteiger partial charge in [-0.1, -0.05) is 18.2 Å². The third-order valence-corrected chi connectivity index (χ3v) is 4.99. The third-order valence-electron chi connectivity index (χ3n) is 4.99. The summed E-state index contributed by atoms with van der Waals surface area (Å²) < 4.78 is 63.9. The smallest absolute Gasteiger partial charge is 0.426 e. The minimum atomic E-state index is -5.17. The van der Waals surface area contributed by atoms with E-state index in [0.717, 1.165) is 33.5 Å².